The zero-order chi connectivity index (χ0) is 11.4. The number of hydrogen-bond acceptors (Lipinski definition) is 3. The number of rotatable bonds is 3. The Labute approximate surface area is 95.4 Å². The topological polar surface area (TPSA) is 51.8 Å². The Morgan fingerprint density at radius 3 is 2.50 bits per heavy atom. The largest absolute Gasteiger partial charge is 0.323 e. The summed E-state index contributed by atoms with van der Waals surface area (Å²) in [7, 11) is 0. The molecule has 2 unspecified atom stereocenters. The van der Waals surface area contributed by atoms with E-state index in [2.05, 4.69) is 16.9 Å². The van der Waals surface area contributed by atoms with Crippen molar-refractivity contribution in [3.05, 3.63) is 60.2 Å². The molecule has 0 aliphatic heterocycles. The molecule has 3 heteroatoms. The summed E-state index contributed by atoms with van der Waals surface area (Å²) in [6, 6.07) is 10.0. The molecule has 1 aromatic carbocycles. The van der Waals surface area contributed by atoms with Crippen LogP contribution < -0.4 is 5.73 Å². The average molecular weight is 213 g/mol. The number of nitrogens with two attached hydrogens (primary N) is 1. The Bertz CT molecular complexity index is 384. The molecule has 0 amide bonds. The van der Waals surface area contributed by atoms with E-state index in [1.807, 2.05) is 30.3 Å². The minimum atomic E-state index is -0.0436. The third-order valence-electron chi connectivity index (χ3n) is 2.77. The lowest BCUT2D eigenvalue weighted by molar-refractivity contribution is 0.581. The van der Waals surface area contributed by atoms with Crippen molar-refractivity contribution in [1.82, 2.24) is 9.97 Å². The van der Waals surface area contributed by atoms with E-state index < -0.39 is 0 Å². The Balaban J connectivity index is 2.20. The fourth-order valence-corrected chi connectivity index (χ4v) is 1.69. The summed E-state index contributed by atoms with van der Waals surface area (Å²) >= 11 is 0. The maximum Gasteiger partial charge on any atom is 0.0633 e. The van der Waals surface area contributed by atoms with E-state index in [4.69, 9.17) is 5.73 Å². The Kier molecular flexibility index (Phi) is 3.27. The first-order valence-corrected chi connectivity index (χ1v) is 5.35. The summed E-state index contributed by atoms with van der Waals surface area (Å²) in [5.41, 5.74) is 8.26. The molecule has 0 radical (unpaired) electrons. The molecule has 16 heavy (non-hydrogen) atoms. The lowest BCUT2D eigenvalue weighted by Gasteiger charge is -2.19. The van der Waals surface area contributed by atoms with E-state index in [0.717, 1.165) is 11.3 Å². The predicted molar refractivity (Wildman–Crippen MR) is 63.8 cm³/mol. The van der Waals surface area contributed by atoms with Gasteiger partial charge in [-0.1, -0.05) is 37.3 Å². The fourth-order valence-electron chi connectivity index (χ4n) is 1.69. The van der Waals surface area contributed by atoms with E-state index in [-0.39, 0.29) is 12.0 Å². The lowest BCUT2D eigenvalue weighted by atomic mass is 9.93. The van der Waals surface area contributed by atoms with Gasteiger partial charge in [0.1, 0.15) is 0 Å². The van der Waals surface area contributed by atoms with Crippen LogP contribution in [0.4, 0.5) is 0 Å². The van der Waals surface area contributed by atoms with Crippen molar-refractivity contribution in [3.63, 3.8) is 0 Å². The molecule has 0 aliphatic rings. The first-order chi connectivity index (χ1) is 7.79. The normalized spacial score (nSPS) is 14.4. The van der Waals surface area contributed by atoms with Crippen molar-refractivity contribution in [2.75, 3.05) is 0 Å². The van der Waals surface area contributed by atoms with Crippen molar-refractivity contribution in [2.45, 2.75) is 18.9 Å². The smallest absolute Gasteiger partial charge is 0.0633 e. The van der Waals surface area contributed by atoms with Crippen LogP contribution in [0.15, 0.2) is 48.9 Å². The summed E-state index contributed by atoms with van der Waals surface area (Å²) in [6.45, 7) is 2.07. The third kappa shape index (κ3) is 2.25. The van der Waals surface area contributed by atoms with Crippen LogP contribution in [0.3, 0.4) is 0 Å². The average Bonchev–Trinajstić information content (AvgIpc) is 2.39. The highest BCUT2D eigenvalue weighted by atomic mass is 14.8. The minimum Gasteiger partial charge on any atom is -0.323 e. The van der Waals surface area contributed by atoms with E-state index in [1.54, 1.807) is 18.6 Å². The Morgan fingerprint density at radius 2 is 1.88 bits per heavy atom. The number of aromatic nitrogens is 2. The van der Waals surface area contributed by atoms with Gasteiger partial charge >= 0.3 is 0 Å². The number of benzene rings is 1. The molecule has 0 fully saturated rings. The standard InChI is InChI=1S/C13H15N3/c1-10(12-9-15-7-8-16-12)13(14)11-5-3-2-4-6-11/h2-10,13H,14H2,1H3. The second-order valence-electron chi connectivity index (χ2n) is 3.86. The van der Waals surface area contributed by atoms with Crippen LogP contribution in [0.25, 0.3) is 0 Å². The van der Waals surface area contributed by atoms with Crippen LogP contribution in [-0.4, -0.2) is 9.97 Å². The van der Waals surface area contributed by atoms with Gasteiger partial charge in [0, 0.05) is 30.6 Å². The highest BCUT2D eigenvalue weighted by Crippen LogP contribution is 2.26. The van der Waals surface area contributed by atoms with Gasteiger partial charge in [-0.3, -0.25) is 9.97 Å². The summed E-state index contributed by atoms with van der Waals surface area (Å²) < 4.78 is 0. The van der Waals surface area contributed by atoms with Gasteiger partial charge in [0.05, 0.1) is 5.69 Å². The number of nitrogens with zero attached hydrogens (tertiary/aromatic N) is 2. The van der Waals surface area contributed by atoms with Gasteiger partial charge in [-0.15, -0.1) is 0 Å². The van der Waals surface area contributed by atoms with Gasteiger partial charge in [0.15, 0.2) is 0 Å². The molecule has 82 valence electrons. The third-order valence-corrected chi connectivity index (χ3v) is 2.77. The van der Waals surface area contributed by atoms with Gasteiger partial charge in [0.2, 0.25) is 0 Å². The lowest BCUT2D eigenvalue weighted by Crippen LogP contribution is -2.18. The van der Waals surface area contributed by atoms with Crippen LogP contribution >= 0.6 is 0 Å². The summed E-state index contributed by atoms with van der Waals surface area (Å²) in [5.74, 6) is 0.163. The van der Waals surface area contributed by atoms with Gasteiger partial charge < -0.3 is 5.73 Å². The van der Waals surface area contributed by atoms with E-state index >= 15 is 0 Å². The molecule has 2 N–H and O–H groups in total. The van der Waals surface area contributed by atoms with Crippen LogP contribution in [0, 0.1) is 0 Å². The first-order valence-electron chi connectivity index (χ1n) is 5.35. The highest BCUT2D eigenvalue weighted by molar-refractivity contribution is 5.22. The SMILES string of the molecule is CC(c1cnccn1)C(N)c1ccccc1. The second-order valence-corrected chi connectivity index (χ2v) is 3.86. The monoisotopic (exact) mass is 213 g/mol. The molecule has 2 atom stereocenters. The zero-order valence-corrected chi connectivity index (χ0v) is 9.25. The summed E-state index contributed by atoms with van der Waals surface area (Å²) in [4.78, 5) is 8.35. The molecule has 0 saturated carbocycles. The van der Waals surface area contributed by atoms with Crippen LogP contribution in [-0.2, 0) is 0 Å². The molecule has 2 rings (SSSR count). The highest BCUT2D eigenvalue weighted by Gasteiger charge is 2.17. The van der Waals surface area contributed by atoms with Gasteiger partial charge in [-0.05, 0) is 5.56 Å². The summed E-state index contributed by atoms with van der Waals surface area (Å²) in [5, 5.41) is 0. The minimum absolute atomic E-state index is 0.0436. The van der Waals surface area contributed by atoms with Crippen molar-refractivity contribution in [3.8, 4) is 0 Å². The maximum absolute atomic E-state index is 6.20. The number of hydrogen-bond donors (Lipinski definition) is 1. The quantitative estimate of drug-likeness (QED) is 0.851. The van der Waals surface area contributed by atoms with Gasteiger partial charge in [0.25, 0.3) is 0 Å². The maximum atomic E-state index is 6.20. The molecule has 0 aliphatic carbocycles. The van der Waals surface area contributed by atoms with Crippen molar-refractivity contribution < 1.29 is 0 Å². The molecule has 2 aromatic rings. The Morgan fingerprint density at radius 1 is 1.12 bits per heavy atom. The van der Waals surface area contributed by atoms with E-state index in [0.29, 0.717) is 0 Å². The van der Waals surface area contributed by atoms with Crippen molar-refractivity contribution in [2.24, 2.45) is 5.73 Å². The molecular weight excluding hydrogens is 198 g/mol. The molecular formula is C13H15N3. The van der Waals surface area contributed by atoms with Crippen LogP contribution in [0.5, 0.6) is 0 Å². The Hall–Kier alpha value is -1.74. The molecule has 1 heterocycles. The van der Waals surface area contributed by atoms with Crippen molar-refractivity contribution >= 4 is 0 Å². The molecule has 1 aromatic heterocycles. The fraction of sp³-hybridized carbons (Fsp3) is 0.231. The summed E-state index contributed by atoms with van der Waals surface area (Å²) in [6.07, 6.45) is 5.14. The molecule has 0 spiro atoms. The second kappa shape index (κ2) is 4.86. The van der Waals surface area contributed by atoms with E-state index in [1.165, 1.54) is 0 Å². The first kappa shape index (κ1) is 10.8. The molecule has 0 saturated heterocycles. The van der Waals surface area contributed by atoms with Gasteiger partial charge in [-0.25, -0.2) is 0 Å². The van der Waals surface area contributed by atoms with Crippen LogP contribution in [0.2, 0.25) is 0 Å². The van der Waals surface area contributed by atoms with Crippen molar-refractivity contribution in [1.29, 1.82) is 0 Å². The predicted octanol–water partition coefficient (Wildman–Crippen LogP) is 2.28. The molecule has 0 bridgehead atoms. The van der Waals surface area contributed by atoms with Crippen LogP contribution in [0.1, 0.15) is 30.1 Å². The zero-order valence-electron chi connectivity index (χ0n) is 9.25. The van der Waals surface area contributed by atoms with Gasteiger partial charge in [-0.2, -0.15) is 0 Å². The van der Waals surface area contributed by atoms with E-state index in [9.17, 15) is 0 Å². The molecule has 3 nitrogen and oxygen atoms in total.